The normalized spacial score (nSPS) is 15.1. The molecular formula is C26H25NO8. The lowest BCUT2D eigenvalue weighted by atomic mass is 9.82. The Morgan fingerprint density at radius 1 is 0.829 bits per heavy atom. The van der Waals surface area contributed by atoms with Crippen LogP contribution in [0, 0.1) is 0 Å². The van der Waals surface area contributed by atoms with E-state index in [0.717, 1.165) is 32.4 Å². The van der Waals surface area contributed by atoms with E-state index in [2.05, 4.69) is 0 Å². The molecule has 0 atom stereocenters. The Kier molecular flexibility index (Phi) is 7.07. The van der Waals surface area contributed by atoms with E-state index in [4.69, 9.17) is 14.2 Å². The fourth-order valence-corrected chi connectivity index (χ4v) is 4.38. The topological polar surface area (TPSA) is 116 Å². The number of rotatable bonds is 6. The number of likely N-dealkylation sites (tertiary alicyclic amines) is 1. The second kappa shape index (κ2) is 10.2. The van der Waals surface area contributed by atoms with Crippen LogP contribution >= 0.6 is 0 Å². The molecule has 9 nitrogen and oxygen atoms in total. The van der Waals surface area contributed by atoms with Gasteiger partial charge in [-0.2, -0.15) is 0 Å². The van der Waals surface area contributed by atoms with Crippen molar-refractivity contribution in [1.29, 1.82) is 0 Å². The number of nitrogens with zero attached hydrogens (tertiary/aromatic N) is 1. The second-order valence-electron chi connectivity index (χ2n) is 8.54. The van der Waals surface area contributed by atoms with Gasteiger partial charge in [0.1, 0.15) is 18.1 Å². The Morgan fingerprint density at radius 2 is 1.49 bits per heavy atom. The van der Waals surface area contributed by atoms with Crippen molar-refractivity contribution < 1.29 is 38.2 Å². The zero-order chi connectivity index (χ0) is 25.1. The molecule has 1 aliphatic carbocycles. The zero-order valence-electron chi connectivity index (χ0n) is 19.5. The maximum Gasteiger partial charge on any atom is 0.320 e. The van der Waals surface area contributed by atoms with E-state index in [1.807, 2.05) is 4.90 Å². The fraction of sp³-hybridized carbons (Fsp3) is 0.346. The highest BCUT2D eigenvalue weighted by Gasteiger charge is 2.36. The molecule has 0 N–H and O–H groups in total. The molecule has 9 heteroatoms. The summed E-state index contributed by atoms with van der Waals surface area (Å²) < 4.78 is 15.8. The quantitative estimate of drug-likeness (QED) is 0.389. The van der Waals surface area contributed by atoms with Gasteiger partial charge in [-0.3, -0.25) is 28.9 Å². The number of piperidine rings is 1. The van der Waals surface area contributed by atoms with Crippen LogP contribution in [-0.4, -0.2) is 54.0 Å². The van der Waals surface area contributed by atoms with Crippen LogP contribution < -0.4 is 9.47 Å². The molecule has 4 rings (SSSR count). The van der Waals surface area contributed by atoms with Crippen LogP contribution in [0.2, 0.25) is 0 Å². The van der Waals surface area contributed by atoms with Gasteiger partial charge >= 0.3 is 17.9 Å². The van der Waals surface area contributed by atoms with Gasteiger partial charge in [-0.05, 0) is 49.7 Å². The predicted molar refractivity (Wildman–Crippen MR) is 122 cm³/mol. The fourth-order valence-electron chi connectivity index (χ4n) is 4.38. The van der Waals surface area contributed by atoms with Gasteiger partial charge in [0, 0.05) is 25.0 Å². The minimum Gasteiger partial charge on any atom is -0.460 e. The summed E-state index contributed by atoms with van der Waals surface area (Å²) in [5.41, 5.74) is 0.292. The molecule has 0 aromatic heterocycles. The Morgan fingerprint density at radius 3 is 2.17 bits per heavy atom. The van der Waals surface area contributed by atoms with Gasteiger partial charge in [0.25, 0.3) is 0 Å². The van der Waals surface area contributed by atoms with Gasteiger partial charge in [-0.15, -0.1) is 0 Å². The molecule has 1 heterocycles. The number of ketones is 2. The molecule has 0 radical (unpaired) electrons. The van der Waals surface area contributed by atoms with Gasteiger partial charge in [0.05, 0.1) is 17.7 Å². The molecule has 2 aromatic rings. The van der Waals surface area contributed by atoms with E-state index in [1.165, 1.54) is 44.2 Å². The van der Waals surface area contributed by atoms with E-state index in [9.17, 15) is 24.0 Å². The third kappa shape index (κ3) is 5.30. The highest BCUT2D eigenvalue weighted by molar-refractivity contribution is 6.30. The Labute approximate surface area is 201 Å². The Hall–Kier alpha value is -3.85. The Balaban J connectivity index is 1.65. The molecule has 2 aromatic carbocycles. The maximum absolute atomic E-state index is 13.4. The molecule has 2 aliphatic rings. The highest BCUT2D eigenvalue weighted by Crippen LogP contribution is 2.38. The van der Waals surface area contributed by atoms with Crippen molar-refractivity contribution in [3.8, 4) is 11.5 Å². The number of hydrogen-bond acceptors (Lipinski definition) is 9. The third-order valence-electron chi connectivity index (χ3n) is 5.84. The summed E-state index contributed by atoms with van der Waals surface area (Å²) in [4.78, 5) is 64.4. The van der Waals surface area contributed by atoms with Crippen LogP contribution in [-0.2, 0) is 25.7 Å². The molecular weight excluding hydrogens is 454 g/mol. The predicted octanol–water partition coefficient (Wildman–Crippen LogP) is 2.84. The van der Waals surface area contributed by atoms with Crippen LogP contribution in [0.25, 0.3) is 0 Å². The van der Waals surface area contributed by atoms with Crippen LogP contribution in [0.4, 0.5) is 0 Å². The van der Waals surface area contributed by atoms with Crippen molar-refractivity contribution in [2.24, 2.45) is 0 Å². The summed E-state index contributed by atoms with van der Waals surface area (Å²) >= 11 is 0. The molecule has 0 spiro atoms. The largest absolute Gasteiger partial charge is 0.460 e. The first-order valence-electron chi connectivity index (χ1n) is 11.4. The lowest BCUT2D eigenvalue weighted by Gasteiger charge is -2.25. The number of fused-ring (bicyclic) bond motifs is 2. The Bertz CT molecular complexity index is 1230. The van der Waals surface area contributed by atoms with Gasteiger partial charge in [0.2, 0.25) is 5.78 Å². The number of benzene rings is 2. The monoisotopic (exact) mass is 479 g/mol. The number of esters is 3. The molecule has 0 saturated carbocycles. The van der Waals surface area contributed by atoms with Crippen LogP contribution in [0.1, 0.15) is 70.5 Å². The molecule has 1 saturated heterocycles. The van der Waals surface area contributed by atoms with Gasteiger partial charge in [-0.1, -0.05) is 18.6 Å². The standard InChI is InChI=1S/C26H25NO8/c1-15(28)34-20-8-6-7-18-23(20)26(32)24-19(25(18)31)11-17(12-21(24)35-16(2)29)14-33-22(30)13-27-9-4-3-5-10-27/h6-8,11-12H,3-5,9-10,13-14H2,1-2H3. The van der Waals surface area contributed by atoms with Crippen molar-refractivity contribution in [3.05, 3.63) is 58.1 Å². The van der Waals surface area contributed by atoms with E-state index in [-0.39, 0.29) is 46.9 Å². The first-order chi connectivity index (χ1) is 16.7. The summed E-state index contributed by atoms with van der Waals surface area (Å²) in [6, 6.07) is 7.24. The summed E-state index contributed by atoms with van der Waals surface area (Å²) in [5.74, 6) is -3.04. The SMILES string of the molecule is CC(=O)Oc1cccc2c1C(=O)c1c(OC(C)=O)cc(COC(=O)CN3CCCCC3)cc1C2=O. The van der Waals surface area contributed by atoms with Crippen molar-refractivity contribution >= 4 is 29.5 Å². The van der Waals surface area contributed by atoms with E-state index in [1.54, 1.807) is 0 Å². The number of ether oxygens (including phenoxy) is 3. The minimum atomic E-state index is -0.689. The van der Waals surface area contributed by atoms with Crippen molar-refractivity contribution in [2.45, 2.75) is 39.7 Å². The highest BCUT2D eigenvalue weighted by atomic mass is 16.5. The molecule has 0 bridgehead atoms. The number of hydrogen-bond donors (Lipinski definition) is 0. The van der Waals surface area contributed by atoms with Crippen molar-refractivity contribution in [3.63, 3.8) is 0 Å². The molecule has 0 amide bonds. The van der Waals surface area contributed by atoms with Crippen LogP contribution in [0.5, 0.6) is 11.5 Å². The lowest BCUT2D eigenvalue weighted by molar-refractivity contribution is -0.146. The van der Waals surface area contributed by atoms with Gasteiger partial charge < -0.3 is 14.2 Å². The van der Waals surface area contributed by atoms with E-state index in [0.29, 0.717) is 5.56 Å². The van der Waals surface area contributed by atoms with Crippen molar-refractivity contribution in [1.82, 2.24) is 4.90 Å². The minimum absolute atomic E-state index is 0.0169. The molecule has 1 aliphatic heterocycles. The van der Waals surface area contributed by atoms with Crippen LogP contribution in [0.15, 0.2) is 30.3 Å². The number of carbonyl (C=O) groups excluding carboxylic acids is 5. The van der Waals surface area contributed by atoms with E-state index >= 15 is 0 Å². The third-order valence-corrected chi connectivity index (χ3v) is 5.84. The summed E-state index contributed by atoms with van der Waals surface area (Å²) in [6.45, 7) is 4.06. The summed E-state index contributed by atoms with van der Waals surface area (Å²) in [5, 5.41) is 0. The average Bonchev–Trinajstić information content (AvgIpc) is 2.81. The first-order valence-corrected chi connectivity index (χ1v) is 11.4. The summed E-state index contributed by atoms with van der Waals surface area (Å²) in [7, 11) is 0. The smallest absolute Gasteiger partial charge is 0.320 e. The van der Waals surface area contributed by atoms with Crippen LogP contribution in [0.3, 0.4) is 0 Å². The first kappa shape index (κ1) is 24.3. The average molecular weight is 479 g/mol. The van der Waals surface area contributed by atoms with Gasteiger partial charge in [-0.25, -0.2) is 0 Å². The second-order valence-corrected chi connectivity index (χ2v) is 8.54. The maximum atomic E-state index is 13.4. The van der Waals surface area contributed by atoms with Gasteiger partial charge in [0.15, 0.2) is 5.78 Å². The van der Waals surface area contributed by atoms with Crippen molar-refractivity contribution in [2.75, 3.05) is 19.6 Å². The number of carbonyl (C=O) groups is 5. The van der Waals surface area contributed by atoms with E-state index < -0.39 is 29.5 Å². The summed E-state index contributed by atoms with van der Waals surface area (Å²) in [6.07, 6.45) is 3.24. The molecule has 1 fully saturated rings. The zero-order valence-corrected chi connectivity index (χ0v) is 19.5. The molecule has 182 valence electrons. The molecule has 35 heavy (non-hydrogen) atoms. The lowest BCUT2D eigenvalue weighted by Crippen LogP contribution is -2.35. The molecule has 0 unspecified atom stereocenters.